The van der Waals surface area contributed by atoms with Crippen LogP contribution in [0.2, 0.25) is 0 Å². The standard InChI is InChI=1S/C13H14N4O4S/c1-9(10-3-2-4-12(7-10)22(14,20)21)16-13-6-5-11(8-15-13)17(18)19/h2-9H,1H3,(H,15,16)(H2,14,20,21). The van der Waals surface area contributed by atoms with E-state index in [2.05, 4.69) is 10.3 Å². The smallest absolute Gasteiger partial charge is 0.287 e. The fourth-order valence-corrected chi connectivity index (χ4v) is 2.41. The minimum atomic E-state index is -3.77. The van der Waals surface area contributed by atoms with Crippen LogP contribution in [0.15, 0.2) is 47.5 Å². The Balaban J connectivity index is 2.18. The van der Waals surface area contributed by atoms with Crippen molar-refractivity contribution in [3.63, 3.8) is 0 Å². The van der Waals surface area contributed by atoms with Gasteiger partial charge < -0.3 is 5.32 Å². The molecule has 1 aromatic carbocycles. The summed E-state index contributed by atoms with van der Waals surface area (Å²) in [5.74, 6) is 0.444. The predicted molar refractivity (Wildman–Crippen MR) is 80.7 cm³/mol. The lowest BCUT2D eigenvalue weighted by Crippen LogP contribution is -2.14. The van der Waals surface area contributed by atoms with Crippen molar-refractivity contribution in [2.24, 2.45) is 5.14 Å². The van der Waals surface area contributed by atoms with Crippen LogP contribution in [0.5, 0.6) is 0 Å². The molecule has 9 heteroatoms. The van der Waals surface area contributed by atoms with Crippen molar-refractivity contribution in [3.8, 4) is 0 Å². The van der Waals surface area contributed by atoms with E-state index < -0.39 is 14.9 Å². The summed E-state index contributed by atoms with van der Waals surface area (Å²) in [5, 5.41) is 18.7. The molecule has 3 N–H and O–H groups in total. The molecule has 8 nitrogen and oxygen atoms in total. The quantitative estimate of drug-likeness (QED) is 0.638. The molecule has 0 fully saturated rings. The van der Waals surface area contributed by atoms with Crippen LogP contribution in [-0.2, 0) is 10.0 Å². The van der Waals surface area contributed by atoms with Gasteiger partial charge in [0.2, 0.25) is 10.0 Å². The largest absolute Gasteiger partial charge is 0.364 e. The zero-order valence-electron chi connectivity index (χ0n) is 11.6. The maximum absolute atomic E-state index is 11.3. The van der Waals surface area contributed by atoms with Gasteiger partial charge in [0.15, 0.2) is 0 Å². The van der Waals surface area contributed by atoms with E-state index in [1.807, 2.05) is 6.92 Å². The van der Waals surface area contributed by atoms with Crippen LogP contribution in [0.25, 0.3) is 0 Å². The highest BCUT2D eigenvalue weighted by Gasteiger charge is 2.12. The van der Waals surface area contributed by atoms with E-state index in [-0.39, 0.29) is 16.6 Å². The highest BCUT2D eigenvalue weighted by Crippen LogP contribution is 2.21. The molecular weight excluding hydrogens is 308 g/mol. The Labute approximate surface area is 127 Å². The van der Waals surface area contributed by atoms with Gasteiger partial charge in [-0.3, -0.25) is 10.1 Å². The van der Waals surface area contributed by atoms with Gasteiger partial charge >= 0.3 is 0 Å². The summed E-state index contributed by atoms with van der Waals surface area (Å²) in [4.78, 5) is 14.0. The SMILES string of the molecule is CC(Nc1ccc([N+](=O)[O-])cn1)c1cccc(S(N)(=O)=O)c1. The summed E-state index contributed by atoms with van der Waals surface area (Å²) >= 11 is 0. The lowest BCUT2D eigenvalue weighted by atomic mass is 10.1. The number of aromatic nitrogens is 1. The fraction of sp³-hybridized carbons (Fsp3) is 0.154. The van der Waals surface area contributed by atoms with Crippen LogP contribution in [-0.4, -0.2) is 18.3 Å². The molecule has 1 unspecified atom stereocenters. The normalized spacial score (nSPS) is 12.6. The van der Waals surface area contributed by atoms with Gasteiger partial charge in [-0.25, -0.2) is 18.5 Å². The van der Waals surface area contributed by atoms with Gasteiger partial charge in [-0.15, -0.1) is 0 Å². The maximum atomic E-state index is 11.3. The molecule has 116 valence electrons. The molecule has 0 saturated carbocycles. The number of hydrogen-bond donors (Lipinski definition) is 2. The minimum absolute atomic E-state index is 0.0234. The third-order valence-electron chi connectivity index (χ3n) is 3.01. The molecule has 0 aliphatic rings. The molecular formula is C13H14N4O4S. The van der Waals surface area contributed by atoms with Crippen molar-refractivity contribution in [3.05, 3.63) is 58.3 Å². The second-order valence-corrected chi connectivity index (χ2v) is 6.20. The van der Waals surface area contributed by atoms with E-state index in [1.165, 1.54) is 24.3 Å². The van der Waals surface area contributed by atoms with E-state index in [9.17, 15) is 18.5 Å². The first kappa shape index (κ1) is 15.9. The monoisotopic (exact) mass is 322 g/mol. The molecule has 0 aliphatic carbocycles. The lowest BCUT2D eigenvalue weighted by molar-refractivity contribution is -0.385. The van der Waals surface area contributed by atoms with E-state index in [1.54, 1.807) is 12.1 Å². The summed E-state index contributed by atoms with van der Waals surface area (Å²) in [6.07, 6.45) is 1.15. The Bertz CT molecular complexity index is 790. The summed E-state index contributed by atoms with van der Waals surface area (Å²) in [6.45, 7) is 1.81. The highest BCUT2D eigenvalue weighted by molar-refractivity contribution is 7.89. The number of nitrogens with two attached hydrogens (primary N) is 1. The average molecular weight is 322 g/mol. The Hall–Kier alpha value is -2.52. The molecule has 0 amide bonds. The molecule has 1 heterocycles. The van der Waals surface area contributed by atoms with Gasteiger partial charge in [0.1, 0.15) is 12.0 Å². The van der Waals surface area contributed by atoms with E-state index >= 15 is 0 Å². The van der Waals surface area contributed by atoms with E-state index in [0.717, 1.165) is 6.20 Å². The minimum Gasteiger partial charge on any atom is -0.364 e. The third kappa shape index (κ3) is 3.77. The number of nitrogens with one attached hydrogen (secondary N) is 1. The number of anilines is 1. The number of primary sulfonamides is 1. The van der Waals surface area contributed by atoms with Crippen molar-refractivity contribution in [1.82, 2.24) is 4.98 Å². The Morgan fingerprint density at radius 2 is 2.05 bits per heavy atom. The Morgan fingerprint density at radius 3 is 2.59 bits per heavy atom. The van der Waals surface area contributed by atoms with Crippen LogP contribution in [0.3, 0.4) is 0 Å². The zero-order chi connectivity index (χ0) is 16.3. The number of sulfonamides is 1. The molecule has 2 rings (SSSR count). The van der Waals surface area contributed by atoms with Crippen LogP contribution in [0, 0.1) is 10.1 Å². The molecule has 0 aliphatic heterocycles. The van der Waals surface area contributed by atoms with Gasteiger partial charge in [-0.1, -0.05) is 12.1 Å². The van der Waals surface area contributed by atoms with Gasteiger partial charge in [0, 0.05) is 12.1 Å². The molecule has 22 heavy (non-hydrogen) atoms. The third-order valence-corrected chi connectivity index (χ3v) is 3.92. The summed E-state index contributed by atoms with van der Waals surface area (Å²) in [5.41, 5.74) is 0.598. The van der Waals surface area contributed by atoms with Crippen LogP contribution >= 0.6 is 0 Å². The first-order valence-corrected chi connectivity index (χ1v) is 7.82. The van der Waals surface area contributed by atoms with Crippen molar-refractivity contribution < 1.29 is 13.3 Å². The number of nitro groups is 1. The van der Waals surface area contributed by atoms with Crippen LogP contribution in [0.1, 0.15) is 18.5 Å². The van der Waals surface area contributed by atoms with E-state index in [0.29, 0.717) is 11.4 Å². The van der Waals surface area contributed by atoms with Crippen molar-refractivity contribution in [2.75, 3.05) is 5.32 Å². The van der Waals surface area contributed by atoms with Crippen LogP contribution < -0.4 is 10.5 Å². The Morgan fingerprint density at radius 1 is 1.32 bits per heavy atom. The molecule has 0 saturated heterocycles. The van der Waals surface area contributed by atoms with Crippen molar-refractivity contribution >= 4 is 21.5 Å². The fourth-order valence-electron chi connectivity index (χ4n) is 1.85. The Kier molecular flexibility index (Phi) is 4.38. The second-order valence-electron chi connectivity index (χ2n) is 4.64. The lowest BCUT2D eigenvalue weighted by Gasteiger charge is -2.15. The molecule has 0 bridgehead atoms. The number of nitrogens with zero attached hydrogens (tertiary/aromatic N) is 2. The molecule has 0 spiro atoms. The second kappa shape index (κ2) is 6.08. The number of rotatable bonds is 5. The summed E-state index contributed by atoms with van der Waals surface area (Å²) < 4.78 is 22.7. The van der Waals surface area contributed by atoms with Gasteiger partial charge in [-0.2, -0.15) is 0 Å². The van der Waals surface area contributed by atoms with Gasteiger partial charge in [-0.05, 0) is 30.7 Å². The summed E-state index contributed by atoms with van der Waals surface area (Å²) in [6, 6.07) is 8.79. The summed E-state index contributed by atoms with van der Waals surface area (Å²) in [7, 11) is -3.77. The molecule has 1 atom stereocenters. The number of hydrogen-bond acceptors (Lipinski definition) is 6. The van der Waals surface area contributed by atoms with Crippen molar-refractivity contribution in [2.45, 2.75) is 17.9 Å². The highest BCUT2D eigenvalue weighted by atomic mass is 32.2. The number of pyridine rings is 1. The number of benzene rings is 1. The molecule has 0 radical (unpaired) electrons. The molecule has 2 aromatic rings. The van der Waals surface area contributed by atoms with Crippen LogP contribution in [0.4, 0.5) is 11.5 Å². The predicted octanol–water partition coefficient (Wildman–Crippen LogP) is 1.81. The molecule has 1 aromatic heterocycles. The van der Waals surface area contributed by atoms with Gasteiger partial charge in [0.05, 0.1) is 9.82 Å². The van der Waals surface area contributed by atoms with Gasteiger partial charge in [0.25, 0.3) is 5.69 Å². The zero-order valence-corrected chi connectivity index (χ0v) is 12.4. The topological polar surface area (TPSA) is 128 Å². The van der Waals surface area contributed by atoms with Crippen molar-refractivity contribution in [1.29, 1.82) is 0 Å². The maximum Gasteiger partial charge on any atom is 0.287 e. The van der Waals surface area contributed by atoms with E-state index in [4.69, 9.17) is 5.14 Å². The first-order chi connectivity index (χ1) is 10.3. The average Bonchev–Trinajstić information content (AvgIpc) is 2.47. The first-order valence-electron chi connectivity index (χ1n) is 6.27.